The van der Waals surface area contributed by atoms with Gasteiger partial charge in [-0.1, -0.05) is 11.8 Å². The maximum Gasteiger partial charge on any atom is 0.737 e. The smallest absolute Gasteiger partial charge is 0.422 e. The van der Waals surface area contributed by atoms with Crippen molar-refractivity contribution in [2.24, 2.45) is 0 Å². The number of halogens is 2. The van der Waals surface area contributed by atoms with Gasteiger partial charge in [0.1, 0.15) is 11.3 Å². The molecule has 6 rings (SSSR count). The lowest BCUT2D eigenvalue weighted by molar-refractivity contribution is -0.363. The number of hydrogen-bond donors (Lipinski definition) is 0. The Balaban J connectivity index is 1.52. The molecule has 4 nitrogen and oxygen atoms in total. The Morgan fingerprint density at radius 1 is 1.14 bits per heavy atom. The van der Waals surface area contributed by atoms with E-state index in [1.54, 1.807) is 38.1 Å². The average Bonchev–Trinajstić information content (AvgIpc) is 3.29. The molecule has 3 aliphatic heterocycles. The minimum Gasteiger partial charge on any atom is -0.422 e. The van der Waals surface area contributed by atoms with E-state index in [9.17, 15) is 4.79 Å². The summed E-state index contributed by atoms with van der Waals surface area (Å²) in [7, 11) is 0. The summed E-state index contributed by atoms with van der Waals surface area (Å²) >= 11 is 1.83. The van der Waals surface area contributed by atoms with E-state index >= 15 is 8.63 Å². The lowest BCUT2D eigenvalue weighted by atomic mass is 9.86. The largest absolute Gasteiger partial charge is 0.737 e. The van der Waals surface area contributed by atoms with Gasteiger partial charge < -0.3 is 22.0 Å². The van der Waals surface area contributed by atoms with E-state index in [1.165, 1.54) is 0 Å². The third-order valence-corrected chi connectivity index (χ3v) is 8.25. The second kappa shape index (κ2) is 8.49. The van der Waals surface area contributed by atoms with Crippen LogP contribution >= 0.6 is 11.8 Å². The van der Waals surface area contributed by atoms with Gasteiger partial charge in [0.05, 0.1) is 11.1 Å². The molecule has 0 radical (unpaired) electrons. The van der Waals surface area contributed by atoms with Gasteiger partial charge in [0.25, 0.3) is 0 Å². The fourth-order valence-corrected chi connectivity index (χ4v) is 6.57. The van der Waals surface area contributed by atoms with Crippen molar-refractivity contribution in [3.63, 3.8) is 0 Å². The molecule has 0 saturated heterocycles. The van der Waals surface area contributed by atoms with E-state index in [-0.39, 0.29) is 0 Å². The van der Waals surface area contributed by atoms with E-state index in [4.69, 9.17) is 4.42 Å². The number of hydrogen-bond acceptors (Lipinski definition) is 3. The quantitative estimate of drug-likeness (QED) is 0.229. The van der Waals surface area contributed by atoms with Crippen molar-refractivity contribution in [1.29, 1.82) is 0 Å². The lowest BCUT2D eigenvalue weighted by Gasteiger charge is -2.33. The van der Waals surface area contributed by atoms with Crippen LogP contribution in [0.5, 0.6) is 0 Å². The Bertz CT molecular complexity index is 1780. The summed E-state index contributed by atoms with van der Waals surface area (Å²) in [5, 5.41) is 0.815. The van der Waals surface area contributed by atoms with Crippen molar-refractivity contribution in [1.82, 2.24) is 4.48 Å². The second-order valence-corrected chi connectivity index (χ2v) is 11.0. The van der Waals surface area contributed by atoms with Crippen LogP contribution in [0, 0.1) is 25.7 Å². The molecular weight excluding hydrogens is 489 g/mol. The van der Waals surface area contributed by atoms with Gasteiger partial charge in [0.2, 0.25) is 0 Å². The fourth-order valence-electron chi connectivity index (χ4n) is 5.72. The Morgan fingerprint density at radius 3 is 2.76 bits per heavy atom. The number of fused-ring (bicyclic) bond motifs is 4. The minimum absolute atomic E-state index is 0.368. The topological polar surface area (TPSA) is 38.1 Å². The van der Waals surface area contributed by atoms with Crippen LogP contribution in [0.25, 0.3) is 22.6 Å². The summed E-state index contributed by atoms with van der Waals surface area (Å²) in [4.78, 5) is 12.9. The van der Waals surface area contributed by atoms with Crippen molar-refractivity contribution in [2.45, 2.75) is 39.9 Å². The van der Waals surface area contributed by atoms with Crippen molar-refractivity contribution >= 4 is 47.1 Å². The molecule has 0 saturated carbocycles. The number of nitrogens with zero attached hydrogens (tertiary/aromatic N) is 2. The molecule has 1 aromatic carbocycles. The molecule has 0 amide bonds. The molecular formula is C29H25BF2N2O2S. The fraction of sp³-hybridized carbons (Fsp3) is 0.241. The SMILES string of the molecule is CC1=CC(C)=[N+]2C1=C(/C=C/c1cc3cc4c(cc3oc1=O)C#CCCSC4)c1c(C)cc(C)n1[B-]2(F)F. The van der Waals surface area contributed by atoms with Gasteiger partial charge in [0, 0.05) is 53.1 Å². The molecule has 0 bridgehead atoms. The van der Waals surface area contributed by atoms with E-state index in [1.807, 2.05) is 43.8 Å². The molecule has 3 aromatic rings. The molecule has 186 valence electrons. The van der Waals surface area contributed by atoms with Crippen molar-refractivity contribution in [3.05, 3.63) is 91.7 Å². The van der Waals surface area contributed by atoms with Crippen LogP contribution in [0.1, 0.15) is 53.9 Å². The first kappa shape index (κ1) is 23.8. The molecule has 0 N–H and O–H groups in total. The number of thioether (sulfide) groups is 1. The summed E-state index contributed by atoms with van der Waals surface area (Å²) in [5.41, 5.74) is 6.56. The van der Waals surface area contributed by atoms with Gasteiger partial charge in [-0.05, 0) is 74.0 Å². The van der Waals surface area contributed by atoms with Gasteiger partial charge in [-0.3, -0.25) is 0 Å². The van der Waals surface area contributed by atoms with Crippen LogP contribution in [-0.2, 0) is 5.75 Å². The van der Waals surface area contributed by atoms with E-state index in [0.717, 1.165) is 54.5 Å². The monoisotopic (exact) mass is 514 g/mol. The standard InChI is InChI=1S/C29H25BF2N2O2S/c1-17-11-19(3)33-27(17)25(28-18(2)12-20(4)34(28)30(33,31)32)9-8-22-13-23-14-24-16-37-10-6-5-7-21(24)15-26(23)36-29(22)35/h8-9,11-15H,6,10,16H2,1-4H3/b9-8+. The van der Waals surface area contributed by atoms with Gasteiger partial charge in [-0.2, -0.15) is 11.8 Å². The van der Waals surface area contributed by atoms with Gasteiger partial charge in [-0.25, -0.2) is 4.79 Å². The molecule has 5 heterocycles. The number of allylic oxidation sites excluding steroid dienone is 4. The molecule has 37 heavy (non-hydrogen) atoms. The summed E-state index contributed by atoms with van der Waals surface area (Å²) in [5.74, 6) is 8.20. The first-order chi connectivity index (χ1) is 17.7. The highest BCUT2D eigenvalue weighted by Crippen LogP contribution is 2.42. The number of rotatable bonds is 2. The van der Waals surface area contributed by atoms with Crippen LogP contribution in [0.3, 0.4) is 0 Å². The average molecular weight is 514 g/mol. The number of aromatic nitrogens is 1. The van der Waals surface area contributed by atoms with Gasteiger partial charge >= 0.3 is 12.6 Å². The maximum absolute atomic E-state index is 15.8. The van der Waals surface area contributed by atoms with Crippen molar-refractivity contribution in [2.75, 3.05) is 5.75 Å². The third kappa shape index (κ3) is 3.67. The molecule has 0 fully saturated rings. The van der Waals surface area contributed by atoms with Crippen LogP contribution in [-0.4, -0.2) is 27.4 Å². The van der Waals surface area contributed by atoms with E-state index in [2.05, 4.69) is 11.8 Å². The zero-order valence-corrected chi connectivity index (χ0v) is 21.9. The Kier molecular flexibility index (Phi) is 5.46. The van der Waals surface area contributed by atoms with Crippen LogP contribution in [0.15, 0.2) is 56.9 Å². The second-order valence-electron chi connectivity index (χ2n) is 9.85. The minimum atomic E-state index is -4.04. The normalized spacial score (nSPS) is 18.3. The predicted molar refractivity (Wildman–Crippen MR) is 148 cm³/mol. The predicted octanol–water partition coefficient (Wildman–Crippen LogP) is 6.29. The van der Waals surface area contributed by atoms with Crippen LogP contribution in [0.4, 0.5) is 8.63 Å². The van der Waals surface area contributed by atoms with Crippen LogP contribution in [0.2, 0.25) is 0 Å². The zero-order chi connectivity index (χ0) is 26.1. The highest BCUT2D eigenvalue weighted by Gasteiger charge is 2.54. The Morgan fingerprint density at radius 2 is 1.95 bits per heavy atom. The molecule has 0 atom stereocenters. The summed E-state index contributed by atoms with van der Waals surface area (Å²) in [6, 6.07) is 7.48. The Hall–Kier alpha value is -3.57. The van der Waals surface area contributed by atoms with Crippen molar-refractivity contribution in [3.8, 4) is 11.8 Å². The molecule has 0 aliphatic carbocycles. The maximum atomic E-state index is 15.8. The van der Waals surface area contributed by atoms with E-state index in [0.29, 0.717) is 39.5 Å². The highest BCUT2D eigenvalue weighted by atomic mass is 32.2. The first-order valence-electron chi connectivity index (χ1n) is 12.3. The third-order valence-electron chi connectivity index (χ3n) is 7.24. The molecule has 8 heteroatoms. The first-order valence-corrected chi connectivity index (χ1v) is 13.4. The summed E-state index contributed by atoms with van der Waals surface area (Å²) in [6.45, 7) is 3.06. The highest BCUT2D eigenvalue weighted by molar-refractivity contribution is 7.98. The summed E-state index contributed by atoms with van der Waals surface area (Å²) in [6.07, 6.45) is 6.08. The van der Waals surface area contributed by atoms with Crippen molar-refractivity contribution < 1.29 is 17.5 Å². The molecule has 0 spiro atoms. The number of aryl methyl sites for hydroxylation is 2. The van der Waals surface area contributed by atoms with E-state index < -0.39 is 12.6 Å². The molecule has 2 aromatic heterocycles. The molecule has 3 aliphatic rings. The zero-order valence-electron chi connectivity index (χ0n) is 21.1. The van der Waals surface area contributed by atoms with Gasteiger partial charge in [0.15, 0.2) is 5.70 Å². The lowest BCUT2D eigenvalue weighted by Crippen LogP contribution is -2.51. The number of benzene rings is 1. The Labute approximate surface area is 218 Å². The molecule has 0 unspecified atom stereocenters. The van der Waals surface area contributed by atoms with Crippen LogP contribution < -0.4 is 5.63 Å². The van der Waals surface area contributed by atoms with Gasteiger partial charge in [-0.15, -0.1) is 0 Å². The summed E-state index contributed by atoms with van der Waals surface area (Å²) < 4.78 is 39.5.